The maximum Gasteiger partial charge on any atom is 0.313 e. The zero-order valence-electron chi connectivity index (χ0n) is 10.3. The number of halogens is 2. The van der Waals surface area contributed by atoms with Crippen molar-refractivity contribution in [2.24, 2.45) is 0 Å². The molecular weight excluding hydrogens is 315 g/mol. The molecule has 0 aliphatic heterocycles. The van der Waals surface area contributed by atoms with Gasteiger partial charge in [-0.1, -0.05) is 6.92 Å². The second-order valence-electron chi connectivity index (χ2n) is 3.91. The molecule has 4 nitrogen and oxygen atoms in total. The van der Waals surface area contributed by atoms with E-state index in [0.717, 1.165) is 6.42 Å². The summed E-state index contributed by atoms with van der Waals surface area (Å²) in [6.07, 6.45) is 3.92. The van der Waals surface area contributed by atoms with Gasteiger partial charge in [0.15, 0.2) is 0 Å². The summed E-state index contributed by atoms with van der Waals surface area (Å²) in [5, 5.41) is 0. The molecule has 1 heterocycles. The molecule has 0 aliphatic rings. The van der Waals surface area contributed by atoms with Crippen LogP contribution in [0.4, 0.5) is 4.39 Å². The predicted molar refractivity (Wildman–Crippen MR) is 73.0 cm³/mol. The summed E-state index contributed by atoms with van der Waals surface area (Å²) in [5.41, 5.74) is -0.326. The Balaban J connectivity index is 2.30. The van der Waals surface area contributed by atoms with Gasteiger partial charge in [-0.25, -0.2) is 9.37 Å². The van der Waals surface area contributed by atoms with Gasteiger partial charge in [-0.3, -0.25) is 4.79 Å². The van der Waals surface area contributed by atoms with Crippen molar-refractivity contribution in [2.45, 2.75) is 19.9 Å². The molecule has 0 N–H and O–H groups in total. The first-order valence-electron chi connectivity index (χ1n) is 5.80. The van der Waals surface area contributed by atoms with Crippen molar-refractivity contribution in [1.29, 1.82) is 0 Å². The fraction of sp³-hybridized carbons (Fsp3) is 0.231. The van der Waals surface area contributed by atoms with Gasteiger partial charge in [-0.2, -0.15) is 0 Å². The number of nitrogens with zero attached hydrogens (tertiary/aromatic N) is 2. The fourth-order valence-corrected chi connectivity index (χ4v) is 1.81. The van der Waals surface area contributed by atoms with E-state index in [9.17, 15) is 9.18 Å². The quantitative estimate of drug-likeness (QED) is 0.865. The molecule has 0 aliphatic carbocycles. The minimum atomic E-state index is -0.456. The van der Waals surface area contributed by atoms with Gasteiger partial charge in [0.2, 0.25) is 0 Å². The normalized spacial score (nSPS) is 10.5. The lowest BCUT2D eigenvalue weighted by molar-refractivity contribution is 0.439. The highest BCUT2D eigenvalue weighted by atomic mass is 79.9. The average Bonchev–Trinajstić information content (AvgIpc) is 2.39. The molecule has 0 saturated carbocycles. The highest BCUT2D eigenvalue weighted by molar-refractivity contribution is 9.10. The van der Waals surface area contributed by atoms with Crippen LogP contribution in [0.2, 0.25) is 0 Å². The van der Waals surface area contributed by atoms with E-state index < -0.39 is 5.82 Å². The molecule has 0 unspecified atom stereocenters. The fourth-order valence-electron chi connectivity index (χ4n) is 1.57. The van der Waals surface area contributed by atoms with E-state index in [-0.39, 0.29) is 17.2 Å². The maximum absolute atomic E-state index is 13.4. The molecule has 0 bridgehead atoms. The lowest BCUT2D eigenvalue weighted by Crippen LogP contribution is -2.21. The van der Waals surface area contributed by atoms with Crippen LogP contribution in [0.25, 0.3) is 0 Å². The predicted octanol–water partition coefficient (Wildman–Crippen LogP) is 3.35. The van der Waals surface area contributed by atoms with Crippen LogP contribution in [0.3, 0.4) is 0 Å². The third-order valence-corrected chi connectivity index (χ3v) is 3.10. The van der Waals surface area contributed by atoms with Crippen LogP contribution in [-0.2, 0) is 6.54 Å². The summed E-state index contributed by atoms with van der Waals surface area (Å²) in [6, 6.07) is 4.27. The largest absolute Gasteiger partial charge is 0.435 e. The Morgan fingerprint density at radius 2 is 2.26 bits per heavy atom. The van der Waals surface area contributed by atoms with Gasteiger partial charge < -0.3 is 9.30 Å². The zero-order chi connectivity index (χ0) is 13.8. The summed E-state index contributed by atoms with van der Waals surface area (Å²) < 4.78 is 20.5. The number of hydrogen-bond donors (Lipinski definition) is 0. The Morgan fingerprint density at radius 3 is 2.95 bits per heavy atom. The number of aryl methyl sites for hydroxylation is 1. The Hall–Kier alpha value is -1.69. The van der Waals surface area contributed by atoms with Crippen molar-refractivity contribution < 1.29 is 9.13 Å². The number of aromatic nitrogens is 2. The smallest absolute Gasteiger partial charge is 0.313 e. The van der Waals surface area contributed by atoms with Crippen LogP contribution < -0.4 is 10.3 Å². The summed E-state index contributed by atoms with van der Waals surface area (Å²) in [6.45, 7) is 2.56. The van der Waals surface area contributed by atoms with Crippen molar-refractivity contribution in [3.63, 3.8) is 0 Å². The molecule has 1 aromatic heterocycles. The first kappa shape index (κ1) is 13.7. The molecule has 2 rings (SSSR count). The third-order valence-electron chi connectivity index (χ3n) is 2.45. The molecule has 0 fully saturated rings. The molecule has 19 heavy (non-hydrogen) atoms. The van der Waals surface area contributed by atoms with E-state index in [1.807, 2.05) is 6.92 Å². The monoisotopic (exact) mass is 326 g/mol. The summed E-state index contributed by atoms with van der Waals surface area (Å²) in [4.78, 5) is 15.9. The third kappa shape index (κ3) is 3.20. The first-order valence-corrected chi connectivity index (χ1v) is 6.59. The van der Waals surface area contributed by atoms with Gasteiger partial charge in [-0.15, -0.1) is 0 Å². The molecule has 0 atom stereocenters. The van der Waals surface area contributed by atoms with Gasteiger partial charge in [0.1, 0.15) is 11.6 Å². The highest BCUT2D eigenvalue weighted by Gasteiger charge is 2.08. The summed E-state index contributed by atoms with van der Waals surface area (Å²) in [7, 11) is 0. The van der Waals surface area contributed by atoms with Crippen molar-refractivity contribution >= 4 is 15.9 Å². The number of benzene rings is 1. The highest BCUT2D eigenvalue weighted by Crippen LogP contribution is 2.23. The van der Waals surface area contributed by atoms with Crippen LogP contribution >= 0.6 is 15.9 Å². The molecule has 100 valence electrons. The second-order valence-corrected chi connectivity index (χ2v) is 4.76. The molecular formula is C13H12BrFN2O2. The summed E-state index contributed by atoms with van der Waals surface area (Å²) >= 11 is 3.05. The number of rotatable bonds is 4. The molecule has 0 amide bonds. The van der Waals surface area contributed by atoms with E-state index in [2.05, 4.69) is 20.9 Å². The molecule has 6 heteroatoms. The average molecular weight is 327 g/mol. The topological polar surface area (TPSA) is 44.1 Å². The molecule has 2 aromatic rings. The van der Waals surface area contributed by atoms with E-state index in [0.29, 0.717) is 11.0 Å². The van der Waals surface area contributed by atoms with Crippen LogP contribution in [0.1, 0.15) is 13.3 Å². The van der Waals surface area contributed by atoms with Crippen molar-refractivity contribution in [3.05, 3.63) is 51.2 Å². The van der Waals surface area contributed by atoms with E-state index in [1.54, 1.807) is 12.3 Å². The Kier molecular flexibility index (Phi) is 4.31. The second kappa shape index (κ2) is 5.97. The Bertz CT molecular complexity index is 643. The van der Waals surface area contributed by atoms with Gasteiger partial charge in [0.05, 0.1) is 4.47 Å². The lowest BCUT2D eigenvalue weighted by Gasteiger charge is -2.07. The molecule has 0 spiro atoms. The minimum absolute atomic E-state index is 0.0577. The van der Waals surface area contributed by atoms with E-state index >= 15 is 0 Å². The van der Waals surface area contributed by atoms with Crippen molar-refractivity contribution in [1.82, 2.24) is 9.55 Å². The Morgan fingerprint density at radius 1 is 1.47 bits per heavy atom. The van der Waals surface area contributed by atoms with E-state index in [1.165, 1.54) is 22.9 Å². The van der Waals surface area contributed by atoms with Crippen LogP contribution in [0.5, 0.6) is 11.6 Å². The molecule has 0 radical (unpaired) electrons. The SMILES string of the molecule is CCCn1ccnc(Oc2ccc(Br)c(F)c2)c1=O. The van der Waals surface area contributed by atoms with Crippen LogP contribution in [0.15, 0.2) is 39.9 Å². The standard InChI is InChI=1S/C13H12BrFN2O2/c1-2-6-17-7-5-16-12(13(17)18)19-9-3-4-10(14)11(15)8-9/h3-5,7-8H,2,6H2,1H3. The minimum Gasteiger partial charge on any atom is -0.435 e. The van der Waals surface area contributed by atoms with Crippen molar-refractivity contribution in [2.75, 3.05) is 0 Å². The Labute approximate surface area is 118 Å². The lowest BCUT2D eigenvalue weighted by atomic mass is 10.3. The molecule has 0 saturated heterocycles. The van der Waals surface area contributed by atoms with Crippen LogP contribution in [-0.4, -0.2) is 9.55 Å². The number of ether oxygens (including phenoxy) is 1. The van der Waals surface area contributed by atoms with Gasteiger partial charge in [0, 0.05) is 25.0 Å². The maximum atomic E-state index is 13.4. The van der Waals surface area contributed by atoms with Crippen molar-refractivity contribution in [3.8, 4) is 11.6 Å². The number of hydrogen-bond acceptors (Lipinski definition) is 3. The zero-order valence-corrected chi connectivity index (χ0v) is 11.9. The van der Waals surface area contributed by atoms with Crippen LogP contribution in [0, 0.1) is 5.82 Å². The first-order chi connectivity index (χ1) is 9.11. The van der Waals surface area contributed by atoms with Gasteiger partial charge in [-0.05, 0) is 34.5 Å². The van der Waals surface area contributed by atoms with E-state index in [4.69, 9.17) is 4.74 Å². The summed E-state index contributed by atoms with van der Waals surface area (Å²) in [5.74, 6) is -0.278. The molecule has 1 aromatic carbocycles. The van der Waals surface area contributed by atoms with Gasteiger partial charge in [0.25, 0.3) is 5.88 Å². The van der Waals surface area contributed by atoms with Gasteiger partial charge >= 0.3 is 5.56 Å².